The number of carbonyl (C=O) groups excluding carboxylic acids is 4. The molecule has 182 valence electrons. The number of likely N-dealkylation sites (N-methyl/N-ethyl adjacent to an activating group) is 1. The van der Waals surface area contributed by atoms with Gasteiger partial charge in [-0.3, -0.25) is 19.2 Å². The maximum Gasteiger partial charge on any atom is 0.303 e. The van der Waals surface area contributed by atoms with Crippen LogP contribution in [0.4, 0.5) is 0 Å². The fraction of sp³-hybridized carbons (Fsp3) is 0.810. The summed E-state index contributed by atoms with van der Waals surface area (Å²) in [5.41, 5.74) is 0. The monoisotopic (exact) mass is 460 g/mol. The van der Waals surface area contributed by atoms with Crippen molar-refractivity contribution in [3.63, 3.8) is 0 Å². The van der Waals surface area contributed by atoms with Crippen molar-refractivity contribution in [2.24, 2.45) is 0 Å². The molecule has 1 saturated carbocycles. The highest BCUT2D eigenvalue weighted by atomic mass is 16.7. The van der Waals surface area contributed by atoms with Crippen molar-refractivity contribution in [3.8, 4) is 0 Å². The molecular weight excluding hydrogens is 426 g/mol. The van der Waals surface area contributed by atoms with Crippen LogP contribution < -0.4 is 0 Å². The number of carbonyl (C=O) groups is 4. The Morgan fingerprint density at radius 1 is 0.812 bits per heavy atom. The van der Waals surface area contributed by atoms with Crippen LogP contribution in [0.2, 0.25) is 0 Å². The summed E-state index contributed by atoms with van der Waals surface area (Å²) in [5.74, 6) is -2.57. The molecule has 1 aliphatic carbocycles. The predicted octanol–water partition coefficient (Wildman–Crippen LogP) is 0.325. The summed E-state index contributed by atoms with van der Waals surface area (Å²) in [6.45, 7) is 5.45. The van der Waals surface area contributed by atoms with Crippen molar-refractivity contribution in [2.75, 3.05) is 33.9 Å². The van der Waals surface area contributed by atoms with Crippen LogP contribution in [0, 0.1) is 0 Å². The van der Waals surface area contributed by atoms with Gasteiger partial charge in [0.2, 0.25) is 0 Å². The third-order valence-electron chi connectivity index (χ3n) is 5.43. The average Bonchev–Trinajstić information content (AvgIpc) is 3.49. The first-order valence-electron chi connectivity index (χ1n) is 10.7. The van der Waals surface area contributed by atoms with Crippen LogP contribution in [0.3, 0.4) is 0 Å². The molecule has 2 aliphatic rings. The lowest BCUT2D eigenvalue weighted by atomic mass is 9.98. The topological polar surface area (TPSA) is 124 Å². The molecule has 2 fully saturated rings. The highest BCUT2D eigenvalue weighted by Gasteiger charge is 2.53. The number of hydrogen-bond donors (Lipinski definition) is 0. The Bertz CT molecular complexity index is 705. The van der Waals surface area contributed by atoms with E-state index in [4.69, 9.17) is 28.4 Å². The smallest absolute Gasteiger partial charge is 0.303 e. The number of esters is 4. The van der Waals surface area contributed by atoms with Gasteiger partial charge in [0.1, 0.15) is 19.3 Å². The van der Waals surface area contributed by atoms with Crippen LogP contribution in [0.15, 0.2) is 0 Å². The van der Waals surface area contributed by atoms with Gasteiger partial charge in [-0.2, -0.15) is 0 Å². The minimum atomic E-state index is -1.22. The Hall–Kier alpha value is -2.24. The third kappa shape index (κ3) is 7.72. The molecule has 0 aromatic carbocycles. The molecule has 0 N–H and O–H groups in total. The molecule has 0 spiro atoms. The molecule has 1 heterocycles. The Morgan fingerprint density at radius 2 is 1.34 bits per heavy atom. The lowest BCUT2D eigenvalue weighted by Crippen LogP contribution is -2.63. The molecule has 11 heteroatoms. The van der Waals surface area contributed by atoms with Gasteiger partial charge in [0.25, 0.3) is 0 Å². The second-order valence-corrected chi connectivity index (χ2v) is 8.67. The van der Waals surface area contributed by atoms with Crippen LogP contribution in [-0.2, 0) is 47.6 Å². The number of ether oxygens (including phenoxy) is 6. The standard InChI is InChI=1S/C21H34NO10/c1-12(23)28-11-17-18(29-13(2)24)19(30-14(3)25)20(31-15(4)26)21(32-17)27-10-9-22(5,6)16-7-8-16/h16-21H,7-11H2,1-6H3/q+1/t17-,18-,19+,20-,21+/m1/s1. The van der Waals surface area contributed by atoms with Crippen molar-refractivity contribution in [2.45, 2.75) is 77.3 Å². The SMILES string of the molecule is CC(=O)OC[C@H]1O[C@H](OCC[N+](C)(C)C2CC2)[C@H](OC(C)=O)[C@@H](OC(C)=O)[C@@H]1OC(C)=O. The van der Waals surface area contributed by atoms with Gasteiger partial charge in [0.05, 0.1) is 26.7 Å². The van der Waals surface area contributed by atoms with Crippen LogP contribution in [-0.4, -0.2) is 99.0 Å². The van der Waals surface area contributed by atoms with E-state index in [9.17, 15) is 19.2 Å². The van der Waals surface area contributed by atoms with Crippen molar-refractivity contribution in [1.82, 2.24) is 0 Å². The Balaban J connectivity index is 2.26. The van der Waals surface area contributed by atoms with E-state index in [1.807, 2.05) is 0 Å². The van der Waals surface area contributed by atoms with Crippen LogP contribution in [0.1, 0.15) is 40.5 Å². The van der Waals surface area contributed by atoms with E-state index in [0.717, 1.165) is 17.3 Å². The van der Waals surface area contributed by atoms with E-state index >= 15 is 0 Å². The highest BCUT2D eigenvalue weighted by molar-refractivity contribution is 5.68. The van der Waals surface area contributed by atoms with Gasteiger partial charge in [-0.25, -0.2) is 0 Å². The van der Waals surface area contributed by atoms with Crippen molar-refractivity contribution in [3.05, 3.63) is 0 Å². The van der Waals surface area contributed by atoms with Crippen LogP contribution in [0.25, 0.3) is 0 Å². The lowest BCUT2D eigenvalue weighted by molar-refractivity contribution is -0.901. The number of quaternary nitrogens is 1. The van der Waals surface area contributed by atoms with Crippen LogP contribution in [0.5, 0.6) is 0 Å². The Kier molecular flexibility index (Phi) is 8.99. The van der Waals surface area contributed by atoms with Gasteiger partial charge in [-0.1, -0.05) is 0 Å². The summed E-state index contributed by atoms with van der Waals surface area (Å²) < 4.78 is 33.7. The molecule has 0 unspecified atom stereocenters. The largest absolute Gasteiger partial charge is 0.463 e. The highest BCUT2D eigenvalue weighted by Crippen LogP contribution is 2.32. The second kappa shape index (κ2) is 11.1. The first kappa shape index (κ1) is 26.0. The van der Waals surface area contributed by atoms with Gasteiger partial charge < -0.3 is 32.9 Å². The first-order chi connectivity index (χ1) is 14.9. The predicted molar refractivity (Wildman–Crippen MR) is 108 cm³/mol. The van der Waals surface area contributed by atoms with Gasteiger partial charge in [0.15, 0.2) is 24.6 Å². The molecule has 0 radical (unpaired) electrons. The molecular formula is C21H34NO10+. The van der Waals surface area contributed by atoms with E-state index in [0.29, 0.717) is 12.6 Å². The van der Waals surface area contributed by atoms with Crippen molar-refractivity contribution < 1.29 is 52.1 Å². The Morgan fingerprint density at radius 3 is 1.84 bits per heavy atom. The van der Waals surface area contributed by atoms with Gasteiger partial charge in [-0.05, 0) is 0 Å². The van der Waals surface area contributed by atoms with E-state index in [1.54, 1.807) is 0 Å². The molecule has 32 heavy (non-hydrogen) atoms. The maximum atomic E-state index is 11.8. The molecule has 0 amide bonds. The lowest BCUT2D eigenvalue weighted by Gasteiger charge is -2.44. The van der Waals surface area contributed by atoms with Crippen LogP contribution >= 0.6 is 0 Å². The van der Waals surface area contributed by atoms with E-state index in [1.165, 1.54) is 27.7 Å². The molecule has 0 bridgehead atoms. The second-order valence-electron chi connectivity index (χ2n) is 8.67. The zero-order valence-electron chi connectivity index (χ0n) is 19.5. The van der Waals surface area contributed by atoms with E-state index in [-0.39, 0.29) is 13.2 Å². The fourth-order valence-corrected chi connectivity index (χ4v) is 3.68. The summed E-state index contributed by atoms with van der Waals surface area (Å²) >= 11 is 0. The number of hydrogen-bond acceptors (Lipinski definition) is 10. The summed E-state index contributed by atoms with van der Waals surface area (Å²) in [6.07, 6.45) is -3.40. The fourth-order valence-electron chi connectivity index (χ4n) is 3.68. The van der Waals surface area contributed by atoms with E-state index < -0.39 is 54.6 Å². The molecule has 1 aliphatic heterocycles. The average molecular weight is 461 g/mol. The van der Waals surface area contributed by atoms with E-state index in [2.05, 4.69) is 14.1 Å². The Labute approximate surface area is 187 Å². The van der Waals surface area contributed by atoms with Gasteiger partial charge in [0, 0.05) is 40.5 Å². The third-order valence-corrected chi connectivity index (χ3v) is 5.43. The normalized spacial score (nSPS) is 27.9. The summed E-state index contributed by atoms with van der Waals surface area (Å²) in [4.78, 5) is 46.7. The number of nitrogens with zero attached hydrogens (tertiary/aromatic N) is 1. The molecule has 2 rings (SSSR count). The zero-order valence-corrected chi connectivity index (χ0v) is 19.5. The zero-order chi connectivity index (χ0) is 24.1. The van der Waals surface area contributed by atoms with Gasteiger partial charge >= 0.3 is 23.9 Å². The molecule has 0 aromatic heterocycles. The molecule has 11 nitrogen and oxygen atoms in total. The van der Waals surface area contributed by atoms with Crippen molar-refractivity contribution >= 4 is 23.9 Å². The van der Waals surface area contributed by atoms with Crippen molar-refractivity contribution in [1.29, 1.82) is 0 Å². The molecule has 0 aromatic rings. The summed E-state index contributed by atoms with van der Waals surface area (Å²) in [7, 11) is 4.21. The maximum absolute atomic E-state index is 11.8. The van der Waals surface area contributed by atoms with Gasteiger partial charge in [-0.15, -0.1) is 0 Å². The molecule has 5 atom stereocenters. The first-order valence-corrected chi connectivity index (χ1v) is 10.7. The summed E-state index contributed by atoms with van der Waals surface area (Å²) in [6, 6.07) is 0.578. The number of rotatable bonds is 10. The minimum Gasteiger partial charge on any atom is -0.463 e. The molecule has 1 saturated heterocycles. The quantitative estimate of drug-likeness (QED) is 0.256. The summed E-state index contributed by atoms with van der Waals surface area (Å²) in [5, 5.41) is 0. The minimum absolute atomic E-state index is 0.275.